The maximum Gasteiger partial charge on any atom is 0.243 e. The van der Waals surface area contributed by atoms with E-state index in [1.165, 1.54) is 23.4 Å². The van der Waals surface area contributed by atoms with E-state index in [1.807, 2.05) is 0 Å². The van der Waals surface area contributed by atoms with Gasteiger partial charge in [0.25, 0.3) is 0 Å². The zero-order valence-corrected chi connectivity index (χ0v) is 16.2. The molecule has 3 rings (SSSR count). The molecule has 1 fully saturated rings. The van der Waals surface area contributed by atoms with E-state index in [4.69, 9.17) is 0 Å². The third kappa shape index (κ3) is 4.28. The number of hydrogen-bond donors (Lipinski definition) is 1. The normalized spacial score (nSPS) is 15.9. The van der Waals surface area contributed by atoms with Crippen LogP contribution in [0.2, 0.25) is 0 Å². The number of piperidine rings is 1. The van der Waals surface area contributed by atoms with E-state index >= 15 is 0 Å². The minimum Gasteiger partial charge on any atom is -0.325 e. The van der Waals surface area contributed by atoms with E-state index < -0.39 is 15.8 Å². The summed E-state index contributed by atoms with van der Waals surface area (Å²) in [5, 5.41) is 2.78. The number of carbonyl (C=O) groups excluding carboxylic acids is 2. The van der Waals surface area contributed by atoms with Crippen molar-refractivity contribution in [3.63, 3.8) is 0 Å². The van der Waals surface area contributed by atoms with Gasteiger partial charge < -0.3 is 5.32 Å². The molecule has 1 amide bonds. The molecule has 8 heteroatoms. The lowest BCUT2D eigenvalue weighted by Crippen LogP contribution is -2.41. The molecule has 1 saturated heterocycles. The first-order valence-corrected chi connectivity index (χ1v) is 10.4. The number of benzene rings is 2. The smallest absolute Gasteiger partial charge is 0.243 e. The Morgan fingerprint density at radius 1 is 1.04 bits per heavy atom. The van der Waals surface area contributed by atoms with Gasteiger partial charge in [0, 0.05) is 24.6 Å². The van der Waals surface area contributed by atoms with Gasteiger partial charge >= 0.3 is 0 Å². The van der Waals surface area contributed by atoms with Crippen LogP contribution in [0.25, 0.3) is 0 Å². The second kappa shape index (κ2) is 8.20. The van der Waals surface area contributed by atoms with E-state index in [-0.39, 0.29) is 35.6 Å². The second-order valence-electron chi connectivity index (χ2n) is 6.72. The van der Waals surface area contributed by atoms with E-state index in [1.54, 1.807) is 24.3 Å². The van der Waals surface area contributed by atoms with E-state index in [2.05, 4.69) is 5.32 Å². The number of para-hydroxylation sites is 1. The summed E-state index contributed by atoms with van der Waals surface area (Å²) in [5.74, 6) is -1.22. The SMILES string of the molecule is CC(=O)c1ccccc1NC(=O)C1CCN(S(=O)(=O)c2ccc(F)cc2)CC1. The molecular weight excluding hydrogens is 383 g/mol. The minimum absolute atomic E-state index is 0.0344. The molecule has 0 aliphatic carbocycles. The molecule has 1 aliphatic rings. The average molecular weight is 404 g/mol. The van der Waals surface area contributed by atoms with Crippen LogP contribution in [0.5, 0.6) is 0 Å². The summed E-state index contributed by atoms with van der Waals surface area (Å²) in [4.78, 5) is 24.3. The van der Waals surface area contributed by atoms with Gasteiger partial charge in [0.1, 0.15) is 5.82 Å². The number of carbonyl (C=O) groups is 2. The number of nitrogens with one attached hydrogen (secondary N) is 1. The zero-order valence-electron chi connectivity index (χ0n) is 15.4. The van der Waals surface area contributed by atoms with Crippen LogP contribution in [0.4, 0.5) is 10.1 Å². The molecule has 0 saturated carbocycles. The van der Waals surface area contributed by atoms with E-state index in [0.29, 0.717) is 24.1 Å². The van der Waals surface area contributed by atoms with Gasteiger partial charge in [0.05, 0.1) is 10.6 Å². The molecule has 2 aromatic carbocycles. The van der Waals surface area contributed by atoms with Crippen LogP contribution >= 0.6 is 0 Å². The molecule has 6 nitrogen and oxygen atoms in total. The summed E-state index contributed by atoms with van der Waals surface area (Å²) >= 11 is 0. The lowest BCUT2D eigenvalue weighted by molar-refractivity contribution is -0.120. The molecule has 148 valence electrons. The van der Waals surface area contributed by atoms with Crippen molar-refractivity contribution in [2.45, 2.75) is 24.7 Å². The Kier molecular flexibility index (Phi) is 5.90. The first-order chi connectivity index (χ1) is 13.3. The van der Waals surface area contributed by atoms with E-state index in [0.717, 1.165) is 12.1 Å². The topological polar surface area (TPSA) is 83.6 Å². The van der Waals surface area contributed by atoms with Crippen LogP contribution in [0, 0.1) is 11.7 Å². The van der Waals surface area contributed by atoms with Crippen molar-refractivity contribution in [2.75, 3.05) is 18.4 Å². The molecule has 1 N–H and O–H groups in total. The molecule has 0 spiro atoms. The fourth-order valence-electron chi connectivity index (χ4n) is 3.25. The van der Waals surface area contributed by atoms with Gasteiger partial charge in [-0.1, -0.05) is 12.1 Å². The summed E-state index contributed by atoms with van der Waals surface area (Å²) in [6.45, 7) is 1.84. The summed E-state index contributed by atoms with van der Waals surface area (Å²) < 4.78 is 39.7. The lowest BCUT2D eigenvalue weighted by atomic mass is 9.97. The van der Waals surface area contributed by atoms with Crippen LogP contribution in [0.15, 0.2) is 53.4 Å². The van der Waals surface area contributed by atoms with Crippen molar-refractivity contribution in [2.24, 2.45) is 5.92 Å². The molecule has 0 atom stereocenters. The largest absolute Gasteiger partial charge is 0.325 e. The molecule has 1 aliphatic heterocycles. The zero-order chi connectivity index (χ0) is 20.3. The van der Waals surface area contributed by atoms with Gasteiger partial charge in [-0.25, -0.2) is 12.8 Å². The third-order valence-corrected chi connectivity index (χ3v) is 6.75. The van der Waals surface area contributed by atoms with Crippen molar-refractivity contribution in [1.82, 2.24) is 4.31 Å². The molecule has 2 aromatic rings. The quantitative estimate of drug-likeness (QED) is 0.777. The number of ketones is 1. The van der Waals surface area contributed by atoms with Crippen LogP contribution in [-0.2, 0) is 14.8 Å². The highest BCUT2D eigenvalue weighted by atomic mass is 32.2. The summed E-state index contributed by atoms with van der Waals surface area (Å²) in [6.07, 6.45) is 0.739. The van der Waals surface area contributed by atoms with Gasteiger partial charge in [0.2, 0.25) is 15.9 Å². The summed E-state index contributed by atoms with van der Waals surface area (Å²) in [5.41, 5.74) is 0.897. The van der Waals surface area contributed by atoms with Crippen molar-refractivity contribution < 1.29 is 22.4 Å². The highest BCUT2D eigenvalue weighted by molar-refractivity contribution is 7.89. The molecule has 0 aromatic heterocycles. The maximum absolute atomic E-state index is 13.0. The standard InChI is InChI=1S/C20H21FN2O4S/c1-14(24)18-4-2-3-5-19(18)22-20(25)15-10-12-23(13-11-15)28(26,27)17-8-6-16(21)7-9-17/h2-9,15H,10-13H2,1H3,(H,22,25). The Morgan fingerprint density at radius 2 is 1.64 bits per heavy atom. The fourth-order valence-corrected chi connectivity index (χ4v) is 4.72. The van der Waals surface area contributed by atoms with E-state index in [9.17, 15) is 22.4 Å². The third-order valence-electron chi connectivity index (χ3n) is 4.84. The maximum atomic E-state index is 13.0. The molecule has 28 heavy (non-hydrogen) atoms. The molecular formula is C20H21FN2O4S. The second-order valence-corrected chi connectivity index (χ2v) is 8.66. The Balaban J connectivity index is 1.64. The van der Waals surface area contributed by atoms with Gasteiger partial charge in [-0.05, 0) is 56.2 Å². The Morgan fingerprint density at radius 3 is 2.25 bits per heavy atom. The number of rotatable bonds is 5. The van der Waals surface area contributed by atoms with Crippen LogP contribution in [0.1, 0.15) is 30.1 Å². The predicted molar refractivity (Wildman–Crippen MR) is 103 cm³/mol. The van der Waals surface area contributed by atoms with Crippen molar-refractivity contribution >= 4 is 27.4 Å². The first-order valence-electron chi connectivity index (χ1n) is 8.95. The molecule has 1 heterocycles. The number of nitrogens with zero attached hydrogens (tertiary/aromatic N) is 1. The molecule has 0 radical (unpaired) electrons. The highest BCUT2D eigenvalue weighted by Gasteiger charge is 2.32. The fraction of sp³-hybridized carbons (Fsp3) is 0.300. The average Bonchev–Trinajstić information content (AvgIpc) is 2.68. The minimum atomic E-state index is -3.71. The van der Waals surface area contributed by atoms with Crippen molar-refractivity contribution in [3.8, 4) is 0 Å². The van der Waals surface area contributed by atoms with Crippen molar-refractivity contribution in [3.05, 3.63) is 59.9 Å². The lowest BCUT2D eigenvalue weighted by Gasteiger charge is -2.30. The number of halogens is 1. The van der Waals surface area contributed by atoms with Gasteiger partial charge in [0.15, 0.2) is 5.78 Å². The summed E-state index contributed by atoms with van der Waals surface area (Å²) in [7, 11) is -3.71. The predicted octanol–water partition coefficient (Wildman–Crippen LogP) is 3.07. The Hall–Kier alpha value is -2.58. The van der Waals surface area contributed by atoms with Crippen LogP contribution in [0.3, 0.4) is 0 Å². The number of hydrogen-bond acceptors (Lipinski definition) is 4. The number of amides is 1. The monoisotopic (exact) mass is 404 g/mol. The van der Waals surface area contributed by atoms with Gasteiger partial charge in [-0.2, -0.15) is 4.31 Å². The summed E-state index contributed by atoms with van der Waals surface area (Å²) in [6, 6.07) is 11.5. The molecule has 0 bridgehead atoms. The van der Waals surface area contributed by atoms with Gasteiger partial charge in [-0.15, -0.1) is 0 Å². The number of sulfonamides is 1. The van der Waals surface area contributed by atoms with Gasteiger partial charge in [-0.3, -0.25) is 9.59 Å². The first kappa shape index (κ1) is 20.2. The Labute approximate surface area is 163 Å². The van der Waals surface area contributed by atoms with Crippen LogP contribution < -0.4 is 5.32 Å². The highest BCUT2D eigenvalue weighted by Crippen LogP contribution is 2.25. The molecule has 0 unspecified atom stereocenters. The Bertz CT molecular complexity index is 982. The number of Topliss-reactive ketones (excluding diaryl/α,β-unsaturated/α-hetero) is 1. The number of anilines is 1. The van der Waals surface area contributed by atoms with Crippen molar-refractivity contribution in [1.29, 1.82) is 0 Å². The van der Waals surface area contributed by atoms with Crippen LogP contribution in [-0.4, -0.2) is 37.5 Å².